The van der Waals surface area contributed by atoms with Gasteiger partial charge in [0.05, 0.1) is 12.6 Å². The van der Waals surface area contributed by atoms with Gasteiger partial charge in [-0.3, -0.25) is 9.69 Å². The number of amides is 1. The molecule has 0 saturated carbocycles. The number of nitrogens with zero attached hydrogens (tertiary/aromatic N) is 1. The molecule has 2 aromatic carbocycles. The lowest BCUT2D eigenvalue weighted by molar-refractivity contribution is -0.147. The third-order valence-electron chi connectivity index (χ3n) is 4.18. The smallest absolute Gasteiger partial charge is 0.416 e. The van der Waals surface area contributed by atoms with Crippen LogP contribution in [0.1, 0.15) is 16.8 Å². The Kier molecular flexibility index (Phi) is 5.83. The quantitative estimate of drug-likeness (QED) is 0.640. The van der Waals surface area contributed by atoms with E-state index in [-0.39, 0.29) is 18.7 Å². The van der Waals surface area contributed by atoms with Crippen molar-refractivity contribution in [1.82, 2.24) is 4.90 Å². The van der Waals surface area contributed by atoms with E-state index in [0.29, 0.717) is 11.3 Å². The molecule has 140 valence electrons. The minimum atomic E-state index is -1.00. The highest BCUT2D eigenvalue weighted by molar-refractivity contribution is 5.98. The van der Waals surface area contributed by atoms with Crippen molar-refractivity contribution in [2.45, 2.75) is 18.6 Å². The molecule has 7 nitrogen and oxygen atoms in total. The van der Waals surface area contributed by atoms with Gasteiger partial charge in [0.1, 0.15) is 11.8 Å². The first-order valence-electron chi connectivity index (χ1n) is 8.51. The van der Waals surface area contributed by atoms with Gasteiger partial charge >= 0.3 is 12.1 Å². The lowest BCUT2D eigenvalue weighted by atomic mass is 10.1. The maximum atomic E-state index is 12.4. The number of β-amino-alcohol motifs (C(OH)–C–C–N with tert-alkyl or cyclic N) is 1. The van der Waals surface area contributed by atoms with Crippen LogP contribution < -0.4 is 4.74 Å². The van der Waals surface area contributed by atoms with Crippen molar-refractivity contribution in [2.75, 3.05) is 13.2 Å². The molecule has 2 aromatic rings. The van der Waals surface area contributed by atoms with Crippen LogP contribution in [0, 0.1) is 0 Å². The minimum Gasteiger partial charge on any atom is -0.456 e. The van der Waals surface area contributed by atoms with E-state index in [4.69, 9.17) is 9.47 Å². The molecule has 3 rings (SSSR count). The van der Waals surface area contributed by atoms with E-state index in [0.717, 1.165) is 4.90 Å². The van der Waals surface area contributed by atoms with E-state index in [1.54, 1.807) is 60.7 Å². The molecule has 1 fully saturated rings. The maximum absolute atomic E-state index is 12.4. The first kappa shape index (κ1) is 18.6. The van der Waals surface area contributed by atoms with Gasteiger partial charge < -0.3 is 14.6 Å². The number of aliphatic hydroxyl groups excluding tert-OH is 1. The van der Waals surface area contributed by atoms with Crippen molar-refractivity contribution in [2.24, 2.45) is 0 Å². The molecule has 1 amide bonds. The van der Waals surface area contributed by atoms with E-state index in [1.165, 1.54) is 0 Å². The molecule has 1 saturated heterocycles. The van der Waals surface area contributed by atoms with Gasteiger partial charge in [-0.25, -0.2) is 9.59 Å². The molecule has 1 N–H and O–H groups in total. The van der Waals surface area contributed by atoms with E-state index < -0.39 is 30.8 Å². The van der Waals surface area contributed by atoms with Gasteiger partial charge in [-0.2, -0.15) is 0 Å². The van der Waals surface area contributed by atoms with Crippen molar-refractivity contribution >= 4 is 17.8 Å². The zero-order valence-corrected chi connectivity index (χ0v) is 14.5. The molecule has 7 heteroatoms. The largest absolute Gasteiger partial charge is 0.456 e. The van der Waals surface area contributed by atoms with Crippen LogP contribution in [0.4, 0.5) is 4.79 Å². The van der Waals surface area contributed by atoms with Crippen LogP contribution >= 0.6 is 0 Å². The maximum Gasteiger partial charge on any atom is 0.416 e. The summed E-state index contributed by atoms with van der Waals surface area (Å²) in [5.74, 6) is -0.767. The molecule has 0 radical (unpaired) electrons. The second kappa shape index (κ2) is 8.46. The summed E-state index contributed by atoms with van der Waals surface area (Å²) >= 11 is 0. The number of hydrogen-bond acceptors (Lipinski definition) is 6. The van der Waals surface area contributed by atoms with Gasteiger partial charge in [-0.15, -0.1) is 0 Å². The third kappa shape index (κ3) is 4.71. The van der Waals surface area contributed by atoms with Gasteiger partial charge in [-0.05, 0) is 12.1 Å². The van der Waals surface area contributed by atoms with Crippen molar-refractivity contribution in [3.8, 4) is 5.75 Å². The second-order valence-electron chi connectivity index (χ2n) is 6.14. The Morgan fingerprint density at radius 2 is 1.63 bits per heavy atom. The zero-order valence-electron chi connectivity index (χ0n) is 14.5. The molecule has 0 spiro atoms. The Morgan fingerprint density at radius 3 is 2.30 bits per heavy atom. The number of Topliss-reactive ketones (excluding diaryl/α,β-unsaturated/α-hetero) is 1. The Balaban J connectivity index is 1.60. The molecular formula is C20H19NO6. The van der Waals surface area contributed by atoms with Crippen molar-refractivity contribution < 1.29 is 29.0 Å². The highest BCUT2D eigenvalue weighted by atomic mass is 16.6. The van der Waals surface area contributed by atoms with Crippen molar-refractivity contribution in [3.63, 3.8) is 0 Å². The predicted molar refractivity (Wildman–Crippen MR) is 95.3 cm³/mol. The second-order valence-corrected chi connectivity index (χ2v) is 6.14. The topological polar surface area (TPSA) is 93.1 Å². The van der Waals surface area contributed by atoms with Gasteiger partial charge in [0, 0.05) is 12.0 Å². The summed E-state index contributed by atoms with van der Waals surface area (Å²) in [6.07, 6.45) is -1.59. The first-order valence-corrected chi connectivity index (χ1v) is 8.51. The monoisotopic (exact) mass is 369 g/mol. The number of benzene rings is 2. The number of para-hydroxylation sites is 1. The third-order valence-corrected chi connectivity index (χ3v) is 4.18. The van der Waals surface area contributed by atoms with Gasteiger partial charge in [0.15, 0.2) is 12.4 Å². The SMILES string of the molecule is O=C(COC(=O)[C@H]1C[C@H](O)CN1C(=O)Oc1ccccc1)c1ccccc1. The van der Waals surface area contributed by atoms with Crippen LogP contribution in [-0.2, 0) is 9.53 Å². The van der Waals surface area contributed by atoms with E-state index in [9.17, 15) is 19.5 Å². The van der Waals surface area contributed by atoms with Crippen LogP contribution in [0.2, 0.25) is 0 Å². The van der Waals surface area contributed by atoms with E-state index >= 15 is 0 Å². The summed E-state index contributed by atoms with van der Waals surface area (Å²) in [5, 5.41) is 9.87. The Morgan fingerprint density at radius 1 is 1.00 bits per heavy atom. The van der Waals surface area contributed by atoms with Crippen LogP contribution in [0.3, 0.4) is 0 Å². The van der Waals surface area contributed by atoms with Gasteiger partial charge in [-0.1, -0.05) is 48.5 Å². The van der Waals surface area contributed by atoms with Gasteiger partial charge in [0.25, 0.3) is 0 Å². The van der Waals surface area contributed by atoms with Crippen LogP contribution in [0.25, 0.3) is 0 Å². The van der Waals surface area contributed by atoms with Crippen LogP contribution in [0.5, 0.6) is 5.75 Å². The minimum absolute atomic E-state index is 0.0300. The lowest BCUT2D eigenvalue weighted by Gasteiger charge is -2.22. The standard InChI is InChI=1S/C20H19NO6/c22-15-11-17(19(24)26-13-18(23)14-7-3-1-4-8-14)21(12-15)20(25)27-16-9-5-2-6-10-16/h1-10,15,17,22H,11-13H2/t15-,17+/m0/s1. The number of esters is 1. The number of likely N-dealkylation sites (tertiary alicyclic amines) is 1. The number of carbonyl (C=O) groups excluding carboxylic acids is 3. The molecule has 27 heavy (non-hydrogen) atoms. The predicted octanol–water partition coefficient (Wildman–Crippen LogP) is 2.05. The summed E-state index contributed by atoms with van der Waals surface area (Å²) in [6.45, 7) is -0.477. The summed E-state index contributed by atoms with van der Waals surface area (Å²) in [5.41, 5.74) is 0.428. The Hall–Kier alpha value is -3.19. The van der Waals surface area contributed by atoms with Crippen LogP contribution in [0.15, 0.2) is 60.7 Å². The number of aliphatic hydroxyl groups is 1. The molecule has 2 atom stereocenters. The summed E-state index contributed by atoms with van der Waals surface area (Å²) in [6, 6.07) is 15.9. The summed E-state index contributed by atoms with van der Waals surface area (Å²) in [7, 11) is 0. The van der Waals surface area contributed by atoms with Gasteiger partial charge in [0.2, 0.25) is 0 Å². The summed E-state index contributed by atoms with van der Waals surface area (Å²) < 4.78 is 10.3. The molecule has 1 heterocycles. The number of ether oxygens (including phenoxy) is 2. The van der Waals surface area contributed by atoms with Crippen molar-refractivity contribution in [3.05, 3.63) is 66.2 Å². The number of rotatable bonds is 5. The number of hydrogen-bond donors (Lipinski definition) is 1. The molecule has 0 aliphatic carbocycles. The highest BCUT2D eigenvalue weighted by Crippen LogP contribution is 2.21. The zero-order chi connectivity index (χ0) is 19.2. The number of ketones is 1. The molecule has 0 unspecified atom stereocenters. The average Bonchev–Trinajstić information content (AvgIpc) is 3.09. The number of carbonyl (C=O) groups is 3. The molecular weight excluding hydrogens is 350 g/mol. The average molecular weight is 369 g/mol. The van der Waals surface area contributed by atoms with Crippen molar-refractivity contribution in [1.29, 1.82) is 0 Å². The normalized spacial score (nSPS) is 18.8. The summed E-state index contributed by atoms with van der Waals surface area (Å²) in [4.78, 5) is 37.9. The fourth-order valence-corrected chi connectivity index (χ4v) is 2.83. The fraction of sp³-hybridized carbons (Fsp3) is 0.250. The fourth-order valence-electron chi connectivity index (χ4n) is 2.83. The highest BCUT2D eigenvalue weighted by Gasteiger charge is 2.41. The Labute approximate surface area is 156 Å². The van der Waals surface area contributed by atoms with E-state index in [1.807, 2.05) is 0 Å². The lowest BCUT2D eigenvalue weighted by Crippen LogP contribution is -2.43. The van der Waals surface area contributed by atoms with E-state index in [2.05, 4.69) is 0 Å². The molecule has 1 aliphatic rings. The van der Waals surface area contributed by atoms with Crippen LogP contribution in [-0.4, -0.2) is 53.1 Å². The molecule has 0 bridgehead atoms. The molecule has 1 aliphatic heterocycles. The Bertz CT molecular complexity index is 808. The first-order chi connectivity index (χ1) is 13.0. The molecule has 0 aromatic heterocycles.